The molecule has 3 fully saturated rings. The summed E-state index contributed by atoms with van der Waals surface area (Å²) in [6, 6.07) is 0.881. The summed E-state index contributed by atoms with van der Waals surface area (Å²) in [4.78, 5) is 5.38. The summed E-state index contributed by atoms with van der Waals surface area (Å²) in [5, 5.41) is 0.936. The molecule has 0 aromatic carbocycles. The molecule has 3 aliphatic rings. The summed E-state index contributed by atoms with van der Waals surface area (Å²) in [6.07, 6.45) is 6.24. The Balaban J connectivity index is 1.48. The second kappa shape index (κ2) is 6.79. The summed E-state index contributed by atoms with van der Waals surface area (Å²) in [5.74, 6) is 1.35. The number of rotatable bonds is 3. The van der Waals surface area contributed by atoms with Crippen LogP contribution in [0.25, 0.3) is 0 Å². The van der Waals surface area contributed by atoms with Gasteiger partial charge in [0.2, 0.25) is 0 Å². The molecular formula is C15H28N2OS. The van der Waals surface area contributed by atoms with E-state index in [0.717, 1.165) is 31.0 Å². The molecule has 3 atom stereocenters. The van der Waals surface area contributed by atoms with Crippen LogP contribution in [-0.4, -0.2) is 72.3 Å². The molecule has 0 N–H and O–H groups in total. The minimum atomic E-state index is 0.424. The number of hydrogen-bond acceptors (Lipinski definition) is 4. The van der Waals surface area contributed by atoms with Crippen LogP contribution >= 0.6 is 11.8 Å². The lowest BCUT2D eigenvalue weighted by molar-refractivity contribution is -0.0221. The predicted molar refractivity (Wildman–Crippen MR) is 81.9 cm³/mol. The molecule has 2 heterocycles. The Morgan fingerprint density at radius 3 is 2.95 bits per heavy atom. The Bertz CT molecular complexity index is 287. The SMILES string of the molecule is CC1CN(CCN2CCSC3CCCCC32)CCO1. The number of morpholine rings is 1. The molecular weight excluding hydrogens is 256 g/mol. The first kappa shape index (κ1) is 14.2. The van der Waals surface area contributed by atoms with Gasteiger partial charge in [-0.05, 0) is 19.8 Å². The van der Waals surface area contributed by atoms with Crippen LogP contribution in [0.5, 0.6) is 0 Å². The van der Waals surface area contributed by atoms with Crippen LogP contribution < -0.4 is 0 Å². The van der Waals surface area contributed by atoms with Gasteiger partial charge in [0, 0.05) is 49.8 Å². The Kier molecular flexibility index (Phi) is 5.07. The Morgan fingerprint density at radius 2 is 2.05 bits per heavy atom. The van der Waals surface area contributed by atoms with Crippen LogP contribution in [-0.2, 0) is 4.74 Å². The van der Waals surface area contributed by atoms with Gasteiger partial charge in [0.1, 0.15) is 0 Å². The lowest BCUT2D eigenvalue weighted by Gasteiger charge is -2.44. The van der Waals surface area contributed by atoms with Crippen LogP contribution in [0.1, 0.15) is 32.6 Å². The summed E-state index contributed by atoms with van der Waals surface area (Å²) >= 11 is 2.24. The van der Waals surface area contributed by atoms with Crippen molar-refractivity contribution in [1.29, 1.82) is 0 Å². The number of ether oxygens (including phenoxy) is 1. The van der Waals surface area contributed by atoms with E-state index in [-0.39, 0.29) is 0 Å². The number of nitrogens with zero attached hydrogens (tertiary/aromatic N) is 2. The van der Waals surface area contributed by atoms with Crippen molar-refractivity contribution in [2.24, 2.45) is 0 Å². The average molecular weight is 284 g/mol. The van der Waals surface area contributed by atoms with Gasteiger partial charge in [0.25, 0.3) is 0 Å². The first-order valence-corrected chi connectivity index (χ1v) is 9.07. The van der Waals surface area contributed by atoms with E-state index in [9.17, 15) is 0 Å². The van der Waals surface area contributed by atoms with Crippen molar-refractivity contribution < 1.29 is 4.74 Å². The van der Waals surface area contributed by atoms with Crippen molar-refractivity contribution in [3.63, 3.8) is 0 Å². The molecule has 3 nitrogen and oxygen atoms in total. The van der Waals surface area contributed by atoms with E-state index in [2.05, 4.69) is 28.5 Å². The van der Waals surface area contributed by atoms with Gasteiger partial charge in [-0.15, -0.1) is 0 Å². The molecule has 0 aromatic heterocycles. The van der Waals surface area contributed by atoms with Crippen LogP contribution in [0.2, 0.25) is 0 Å². The van der Waals surface area contributed by atoms with Gasteiger partial charge in [-0.2, -0.15) is 11.8 Å². The fourth-order valence-electron chi connectivity index (χ4n) is 3.82. The van der Waals surface area contributed by atoms with E-state index in [0.29, 0.717) is 6.10 Å². The quantitative estimate of drug-likeness (QED) is 0.788. The van der Waals surface area contributed by atoms with Gasteiger partial charge in [0.15, 0.2) is 0 Å². The second-order valence-corrected chi connectivity index (χ2v) is 7.63. The Morgan fingerprint density at radius 1 is 1.16 bits per heavy atom. The zero-order valence-electron chi connectivity index (χ0n) is 12.2. The summed E-state index contributed by atoms with van der Waals surface area (Å²) in [7, 11) is 0. The standard InChI is InChI=1S/C15H28N2OS/c1-13-12-16(8-10-18-13)6-7-17-9-11-19-15-5-3-2-4-14(15)17/h13-15H,2-12H2,1H3. The molecule has 1 aliphatic carbocycles. The summed E-state index contributed by atoms with van der Waals surface area (Å²) in [6.45, 7) is 9.18. The molecule has 2 saturated heterocycles. The van der Waals surface area contributed by atoms with Gasteiger partial charge >= 0.3 is 0 Å². The number of hydrogen-bond donors (Lipinski definition) is 0. The van der Waals surface area contributed by atoms with Crippen molar-refractivity contribution in [2.75, 3.05) is 45.1 Å². The zero-order valence-corrected chi connectivity index (χ0v) is 13.0. The van der Waals surface area contributed by atoms with Gasteiger partial charge in [0.05, 0.1) is 12.7 Å². The molecule has 3 unspecified atom stereocenters. The molecule has 0 bridgehead atoms. The molecule has 2 aliphatic heterocycles. The molecule has 0 amide bonds. The van der Waals surface area contributed by atoms with E-state index in [1.807, 2.05) is 0 Å². The van der Waals surface area contributed by atoms with Crippen LogP contribution in [0, 0.1) is 0 Å². The average Bonchev–Trinajstić information content (AvgIpc) is 2.45. The normalized spacial score (nSPS) is 38.1. The fraction of sp³-hybridized carbons (Fsp3) is 1.00. The fourth-order valence-corrected chi connectivity index (χ4v) is 5.32. The highest BCUT2D eigenvalue weighted by Crippen LogP contribution is 2.35. The third-order valence-corrected chi connectivity index (χ3v) is 6.27. The monoisotopic (exact) mass is 284 g/mol. The third kappa shape index (κ3) is 3.66. The van der Waals surface area contributed by atoms with E-state index in [4.69, 9.17) is 4.74 Å². The van der Waals surface area contributed by atoms with Gasteiger partial charge in [-0.25, -0.2) is 0 Å². The number of fused-ring (bicyclic) bond motifs is 1. The third-order valence-electron chi connectivity index (χ3n) is 4.88. The van der Waals surface area contributed by atoms with E-state index in [1.165, 1.54) is 51.1 Å². The molecule has 3 rings (SSSR count). The van der Waals surface area contributed by atoms with Gasteiger partial charge < -0.3 is 4.74 Å². The smallest absolute Gasteiger partial charge is 0.0674 e. The highest BCUT2D eigenvalue weighted by molar-refractivity contribution is 8.00. The van der Waals surface area contributed by atoms with Crippen molar-refractivity contribution >= 4 is 11.8 Å². The topological polar surface area (TPSA) is 15.7 Å². The Hall–Kier alpha value is 0.230. The molecule has 0 radical (unpaired) electrons. The van der Waals surface area contributed by atoms with Crippen molar-refractivity contribution in [3.8, 4) is 0 Å². The van der Waals surface area contributed by atoms with E-state index < -0.39 is 0 Å². The summed E-state index contributed by atoms with van der Waals surface area (Å²) in [5.41, 5.74) is 0. The maximum atomic E-state index is 5.63. The van der Waals surface area contributed by atoms with Gasteiger partial charge in [-0.3, -0.25) is 9.80 Å². The van der Waals surface area contributed by atoms with Crippen molar-refractivity contribution in [2.45, 2.75) is 50.0 Å². The molecule has 19 heavy (non-hydrogen) atoms. The van der Waals surface area contributed by atoms with Crippen LogP contribution in [0.4, 0.5) is 0 Å². The minimum absolute atomic E-state index is 0.424. The van der Waals surface area contributed by atoms with E-state index in [1.54, 1.807) is 0 Å². The first-order valence-electron chi connectivity index (χ1n) is 8.02. The second-order valence-electron chi connectivity index (χ2n) is 6.28. The Labute approximate surface area is 122 Å². The highest BCUT2D eigenvalue weighted by Gasteiger charge is 2.33. The maximum absolute atomic E-state index is 5.63. The lowest BCUT2D eigenvalue weighted by atomic mass is 9.93. The summed E-state index contributed by atoms with van der Waals surface area (Å²) < 4.78 is 5.63. The predicted octanol–water partition coefficient (Wildman–Crippen LogP) is 2.07. The largest absolute Gasteiger partial charge is 0.376 e. The highest BCUT2D eigenvalue weighted by atomic mass is 32.2. The van der Waals surface area contributed by atoms with Crippen LogP contribution in [0.3, 0.4) is 0 Å². The molecule has 4 heteroatoms. The molecule has 0 spiro atoms. The maximum Gasteiger partial charge on any atom is 0.0674 e. The van der Waals surface area contributed by atoms with Crippen molar-refractivity contribution in [3.05, 3.63) is 0 Å². The minimum Gasteiger partial charge on any atom is -0.376 e. The number of thioether (sulfide) groups is 1. The molecule has 1 saturated carbocycles. The van der Waals surface area contributed by atoms with E-state index >= 15 is 0 Å². The van der Waals surface area contributed by atoms with Crippen LogP contribution in [0.15, 0.2) is 0 Å². The molecule has 110 valence electrons. The molecule has 0 aromatic rings. The van der Waals surface area contributed by atoms with Gasteiger partial charge in [-0.1, -0.05) is 12.8 Å². The van der Waals surface area contributed by atoms with Crippen molar-refractivity contribution in [1.82, 2.24) is 9.80 Å². The first-order chi connectivity index (χ1) is 9.33. The zero-order chi connectivity index (χ0) is 13.1. The lowest BCUT2D eigenvalue weighted by Crippen LogP contribution is -2.52.